The number of carbonyl (C=O) groups excluding carboxylic acids is 1. The largest absolute Gasteiger partial charge is 0.489 e. The molecule has 1 aromatic heterocycles. The summed E-state index contributed by atoms with van der Waals surface area (Å²) in [6, 6.07) is 6.32. The number of pyridine rings is 1. The summed E-state index contributed by atoms with van der Waals surface area (Å²) in [5.74, 6) is 0.595. The molecule has 1 aromatic carbocycles. The second kappa shape index (κ2) is 9.28. The highest BCUT2D eigenvalue weighted by atomic mass is 35.5. The molecule has 2 N–H and O–H groups in total. The van der Waals surface area contributed by atoms with Crippen LogP contribution in [-0.2, 0) is 4.74 Å². The van der Waals surface area contributed by atoms with Gasteiger partial charge in [0.1, 0.15) is 29.9 Å². The number of nitrogens with zero attached hydrogens (tertiary/aromatic N) is 1. The minimum atomic E-state index is -1.16. The molecule has 1 heterocycles. The zero-order valence-corrected chi connectivity index (χ0v) is 17.3. The van der Waals surface area contributed by atoms with Crippen LogP contribution in [0.25, 0.3) is 0 Å². The van der Waals surface area contributed by atoms with Gasteiger partial charge in [0.05, 0.1) is 10.0 Å². The lowest BCUT2D eigenvalue weighted by molar-refractivity contribution is 0.0635. The fourth-order valence-electron chi connectivity index (χ4n) is 2.34. The van der Waals surface area contributed by atoms with Crippen LogP contribution in [0.4, 0.5) is 10.6 Å². The van der Waals surface area contributed by atoms with Crippen LogP contribution in [0.2, 0.25) is 10.0 Å². The monoisotopic (exact) mass is 424 g/mol. The Hall–Kier alpha value is -2.28. The van der Waals surface area contributed by atoms with Gasteiger partial charge in [-0.15, -0.1) is 0 Å². The molecule has 0 aliphatic rings. The molecule has 6 nitrogen and oxygen atoms in total. The van der Waals surface area contributed by atoms with E-state index in [9.17, 15) is 9.90 Å². The van der Waals surface area contributed by atoms with E-state index in [-0.39, 0.29) is 22.5 Å². The summed E-state index contributed by atoms with van der Waals surface area (Å²) in [6.07, 6.45) is 1.22. The molecule has 0 aliphatic heterocycles. The highest BCUT2D eigenvalue weighted by Gasteiger charge is 2.23. The Morgan fingerprint density at radius 2 is 2.07 bits per heavy atom. The van der Waals surface area contributed by atoms with Gasteiger partial charge in [0.25, 0.3) is 0 Å². The fourth-order valence-corrected chi connectivity index (χ4v) is 2.76. The third-order valence-electron chi connectivity index (χ3n) is 3.45. The maximum atomic E-state index is 11.9. The summed E-state index contributed by atoms with van der Waals surface area (Å²) < 4.78 is 10.8. The first-order chi connectivity index (χ1) is 13.1. The van der Waals surface area contributed by atoms with Crippen LogP contribution < -0.4 is 10.1 Å². The average Bonchev–Trinajstić information content (AvgIpc) is 2.60. The summed E-state index contributed by atoms with van der Waals surface area (Å²) in [7, 11) is 0. The van der Waals surface area contributed by atoms with Crippen LogP contribution in [0, 0.1) is 0 Å². The van der Waals surface area contributed by atoms with Gasteiger partial charge < -0.3 is 14.6 Å². The number of aromatic nitrogens is 1. The Labute approximate surface area is 174 Å². The Bertz CT molecular complexity index is 866. The van der Waals surface area contributed by atoms with Crippen LogP contribution in [0.15, 0.2) is 43.1 Å². The lowest BCUT2D eigenvalue weighted by atomic mass is 10.0. The molecule has 28 heavy (non-hydrogen) atoms. The quantitative estimate of drug-likeness (QED) is 0.608. The van der Waals surface area contributed by atoms with Crippen LogP contribution in [0.3, 0.4) is 0 Å². The SMILES string of the molecule is C=CCOc1ccc(Cl)c(Cl)c1C(O)c1ccnc(NC(=O)OC(C)(C)C)c1. The minimum absolute atomic E-state index is 0.175. The second-order valence-corrected chi connectivity index (χ2v) is 7.66. The maximum Gasteiger partial charge on any atom is 0.413 e. The molecule has 2 aromatic rings. The first kappa shape index (κ1) is 22.0. The zero-order valence-electron chi connectivity index (χ0n) is 15.8. The van der Waals surface area contributed by atoms with Gasteiger partial charge in [0.2, 0.25) is 0 Å². The van der Waals surface area contributed by atoms with Gasteiger partial charge in [0, 0.05) is 11.8 Å². The maximum absolute atomic E-state index is 11.9. The fraction of sp³-hybridized carbons (Fsp3) is 0.300. The van der Waals surface area contributed by atoms with Crippen molar-refractivity contribution in [3.05, 3.63) is 64.3 Å². The van der Waals surface area contributed by atoms with E-state index < -0.39 is 17.8 Å². The first-order valence-corrected chi connectivity index (χ1v) is 9.23. The summed E-state index contributed by atoms with van der Waals surface area (Å²) in [4.78, 5) is 16.0. The number of aliphatic hydroxyl groups excluding tert-OH is 1. The standard InChI is InChI=1S/C20H22Cl2N2O4/c1-5-10-27-14-7-6-13(21)17(22)16(14)18(25)12-8-9-23-15(11-12)24-19(26)28-20(2,3)4/h5-9,11,18,25H,1,10H2,2-4H3,(H,23,24,26). The van der Waals surface area contributed by atoms with E-state index in [1.165, 1.54) is 12.3 Å². The Balaban J connectivity index is 2.32. The van der Waals surface area contributed by atoms with Gasteiger partial charge in [-0.05, 0) is 50.6 Å². The Kier molecular flexibility index (Phi) is 7.29. The van der Waals surface area contributed by atoms with E-state index in [4.69, 9.17) is 32.7 Å². The molecule has 0 saturated heterocycles. The third kappa shape index (κ3) is 5.86. The Morgan fingerprint density at radius 3 is 2.71 bits per heavy atom. The number of ether oxygens (including phenoxy) is 2. The molecule has 1 amide bonds. The topological polar surface area (TPSA) is 80.7 Å². The molecular formula is C20H22Cl2N2O4. The average molecular weight is 425 g/mol. The smallest absolute Gasteiger partial charge is 0.413 e. The van der Waals surface area contributed by atoms with Gasteiger partial charge in [0.15, 0.2) is 0 Å². The van der Waals surface area contributed by atoms with E-state index in [2.05, 4.69) is 16.9 Å². The summed E-state index contributed by atoms with van der Waals surface area (Å²) in [5.41, 5.74) is 0.103. The van der Waals surface area contributed by atoms with Crippen molar-refractivity contribution in [1.82, 2.24) is 4.98 Å². The van der Waals surface area contributed by atoms with Gasteiger partial charge in [-0.2, -0.15) is 0 Å². The predicted octanol–water partition coefficient (Wildman–Crippen LogP) is 5.38. The van der Waals surface area contributed by atoms with Crippen molar-refractivity contribution < 1.29 is 19.4 Å². The van der Waals surface area contributed by atoms with Gasteiger partial charge in [-0.25, -0.2) is 9.78 Å². The molecule has 2 rings (SSSR count). The number of hydrogen-bond acceptors (Lipinski definition) is 5. The lowest BCUT2D eigenvalue weighted by Gasteiger charge is -2.20. The second-order valence-electron chi connectivity index (χ2n) is 6.88. The minimum Gasteiger partial charge on any atom is -0.489 e. The van der Waals surface area contributed by atoms with Gasteiger partial charge in [-0.1, -0.05) is 35.9 Å². The zero-order chi connectivity index (χ0) is 20.9. The van der Waals surface area contributed by atoms with Crippen molar-refractivity contribution in [2.45, 2.75) is 32.5 Å². The van der Waals surface area contributed by atoms with E-state index in [0.717, 1.165) is 0 Å². The number of aliphatic hydroxyl groups is 1. The molecular weight excluding hydrogens is 403 g/mol. The molecule has 150 valence electrons. The van der Waals surface area contributed by atoms with Crippen molar-refractivity contribution in [2.24, 2.45) is 0 Å². The van der Waals surface area contributed by atoms with Gasteiger partial charge >= 0.3 is 6.09 Å². The first-order valence-electron chi connectivity index (χ1n) is 8.48. The molecule has 1 atom stereocenters. The lowest BCUT2D eigenvalue weighted by Crippen LogP contribution is -2.27. The number of carbonyl (C=O) groups is 1. The molecule has 0 aliphatic carbocycles. The van der Waals surface area contributed by atoms with Crippen LogP contribution in [-0.4, -0.2) is 28.4 Å². The van der Waals surface area contributed by atoms with Gasteiger partial charge in [-0.3, -0.25) is 5.32 Å². The summed E-state index contributed by atoms with van der Waals surface area (Å²) in [6.45, 7) is 9.11. The van der Waals surface area contributed by atoms with E-state index in [1.54, 1.807) is 45.0 Å². The van der Waals surface area contributed by atoms with Crippen LogP contribution >= 0.6 is 23.2 Å². The van der Waals surface area contributed by atoms with Crippen molar-refractivity contribution in [3.63, 3.8) is 0 Å². The molecule has 0 fully saturated rings. The normalized spacial score (nSPS) is 12.2. The van der Waals surface area contributed by atoms with Crippen molar-refractivity contribution in [3.8, 4) is 5.75 Å². The number of anilines is 1. The number of halogens is 2. The number of hydrogen-bond donors (Lipinski definition) is 2. The van der Waals surface area contributed by atoms with E-state index in [0.29, 0.717) is 16.9 Å². The van der Waals surface area contributed by atoms with Crippen molar-refractivity contribution >= 4 is 35.1 Å². The number of amides is 1. The molecule has 8 heteroatoms. The highest BCUT2D eigenvalue weighted by Crippen LogP contribution is 2.40. The summed E-state index contributed by atoms with van der Waals surface area (Å²) >= 11 is 12.4. The molecule has 0 saturated carbocycles. The number of rotatable bonds is 6. The highest BCUT2D eigenvalue weighted by molar-refractivity contribution is 6.42. The van der Waals surface area contributed by atoms with Crippen LogP contribution in [0.5, 0.6) is 5.75 Å². The Morgan fingerprint density at radius 1 is 1.36 bits per heavy atom. The molecule has 0 spiro atoms. The van der Waals surface area contributed by atoms with Crippen molar-refractivity contribution in [2.75, 3.05) is 11.9 Å². The van der Waals surface area contributed by atoms with Crippen molar-refractivity contribution in [1.29, 1.82) is 0 Å². The van der Waals surface area contributed by atoms with E-state index in [1.807, 2.05) is 0 Å². The number of nitrogens with one attached hydrogen (secondary N) is 1. The third-order valence-corrected chi connectivity index (χ3v) is 4.27. The molecule has 1 unspecified atom stereocenters. The predicted molar refractivity (Wildman–Crippen MR) is 110 cm³/mol. The van der Waals surface area contributed by atoms with Crippen LogP contribution in [0.1, 0.15) is 38.0 Å². The van der Waals surface area contributed by atoms with E-state index >= 15 is 0 Å². The summed E-state index contributed by atoms with van der Waals surface area (Å²) in [5, 5.41) is 13.9. The molecule has 0 bridgehead atoms. The molecule has 0 radical (unpaired) electrons. The number of benzene rings is 1.